The Morgan fingerprint density at radius 2 is 2.25 bits per heavy atom. The number of nitrogens with zero attached hydrogens (tertiary/aromatic N) is 1. The lowest BCUT2D eigenvalue weighted by Gasteiger charge is -2.13. The SMILES string of the molecule is CN(C)C(=O)c1ccc2c(c1Cl)B(O)OC2. The number of amides is 1. The summed E-state index contributed by atoms with van der Waals surface area (Å²) in [6, 6.07) is 3.42. The Bertz CT molecular complexity index is 450. The average molecular weight is 239 g/mol. The highest BCUT2D eigenvalue weighted by molar-refractivity contribution is 6.65. The minimum Gasteiger partial charge on any atom is -0.423 e. The second kappa shape index (κ2) is 4.09. The van der Waals surface area contributed by atoms with Gasteiger partial charge in [0.05, 0.1) is 17.2 Å². The number of benzene rings is 1. The van der Waals surface area contributed by atoms with E-state index in [1.165, 1.54) is 4.90 Å². The molecule has 1 heterocycles. The van der Waals surface area contributed by atoms with Crippen LogP contribution >= 0.6 is 11.6 Å². The molecule has 1 aromatic carbocycles. The zero-order valence-corrected chi connectivity index (χ0v) is 9.78. The minimum atomic E-state index is -1.03. The Morgan fingerprint density at radius 1 is 1.56 bits per heavy atom. The van der Waals surface area contributed by atoms with Crippen LogP contribution in [0.5, 0.6) is 0 Å². The lowest BCUT2D eigenvalue weighted by molar-refractivity contribution is 0.0828. The summed E-state index contributed by atoms with van der Waals surface area (Å²) in [4.78, 5) is 13.2. The number of halogens is 1. The first kappa shape index (κ1) is 11.5. The van der Waals surface area contributed by atoms with Crippen LogP contribution < -0.4 is 5.46 Å². The van der Waals surface area contributed by atoms with Gasteiger partial charge in [0.25, 0.3) is 5.91 Å². The van der Waals surface area contributed by atoms with Crippen LogP contribution in [-0.2, 0) is 11.3 Å². The summed E-state index contributed by atoms with van der Waals surface area (Å²) in [5.41, 5.74) is 1.72. The van der Waals surface area contributed by atoms with E-state index in [1.54, 1.807) is 26.2 Å². The Kier molecular flexibility index (Phi) is 2.92. The van der Waals surface area contributed by atoms with Gasteiger partial charge in [0.1, 0.15) is 0 Å². The van der Waals surface area contributed by atoms with Crippen molar-refractivity contribution in [2.24, 2.45) is 0 Å². The van der Waals surface area contributed by atoms with E-state index in [0.717, 1.165) is 5.56 Å². The predicted octanol–water partition coefficient (Wildman–Crippen LogP) is 0.260. The lowest BCUT2D eigenvalue weighted by atomic mass is 9.78. The van der Waals surface area contributed by atoms with Crippen LogP contribution in [0, 0.1) is 0 Å². The van der Waals surface area contributed by atoms with Gasteiger partial charge < -0.3 is 14.6 Å². The summed E-state index contributed by atoms with van der Waals surface area (Å²) in [7, 11) is 2.27. The molecule has 0 fully saturated rings. The number of fused-ring (bicyclic) bond motifs is 1. The summed E-state index contributed by atoms with van der Waals surface area (Å²) in [6.45, 7) is 0.326. The van der Waals surface area contributed by atoms with Crippen molar-refractivity contribution < 1.29 is 14.5 Å². The lowest BCUT2D eigenvalue weighted by Crippen LogP contribution is -2.32. The molecular formula is C10H11BClNO3. The maximum atomic E-state index is 11.8. The summed E-state index contributed by atoms with van der Waals surface area (Å²) >= 11 is 6.10. The standard InChI is InChI=1S/C10H11BClNO3/c1-13(2)10(14)7-4-3-6-5-16-11(15)8(6)9(7)12/h3-4,15H,5H2,1-2H3. The zero-order chi connectivity index (χ0) is 11.9. The van der Waals surface area contributed by atoms with E-state index in [4.69, 9.17) is 16.3 Å². The molecule has 0 aliphatic carbocycles. The molecule has 2 rings (SSSR count). The highest BCUT2D eigenvalue weighted by Crippen LogP contribution is 2.21. The molecule has 6 heteroatoms. The summed E-state index contributed by atoms with van der Waals surface area (Å²) in [6.07, 6.45) is 0. The van der Waals surface area contributed by atoms with E-state index in [0.29, 0.717) is 17.6 Å². The molecule has 1 N–H and O–H groups in total. The van der Waals surface area contributed by atoms with E-state index in [2.05, 4.69) is 0 Å². The molecule has 0 bridgehead atoms. The average Bonchev–Trinajstić information content (AvgIpc) is 2.60. The van der Waals surface area contributed by atoms with Gasteiger partial charge in [-0.05, 0) is 11.6 Å². The first-order valence-corrected chi connectivity index (χ1v) is 5.22. The molecule has 1 aliphatic rings. The van der Waals surface area contributed by atoms with E-state index < -0.39 is 7.12 Å². The van der Waals surface area contributed by atoms with Gasteiger partial charge in [-0.3, -0.25) is 4.79 Å². The summed E-state index contributed by atoms with van der Waals surface area (Å²) < 4.78 is 5.05. The third kappa shape index (κ3) is 1.71. The second-order valence-corrected chi connectivity index (χ2v) is 4.24. The van der Waals surface area contributed by atoms with Crippen molar-refractivity contribution in [1.82, 2.24) is 4.90 Å². The van der Waals surface area contributed by atoms with E-state index in [9.17, 15) is 9.82 Å². The van der Waals surface area contributed by atoms with Gasteiger partial charge in [-0.1, -0.05) is 17.7 Å². The van der Waals surface area contributed by atoms with E-state index in [-0.39, 0.29) is 10.9 Å². The molecule has 0 aromatic heterocycles. The van der Waals surface area contributed by atoms with Crippen LogP contribution in [0.2, 0.25) is 5.02 Å². The van der Waals surface area contributed by atoms with E-state index in [1.807, 2.05) is 0 Å². The van der Waals surface area contributed by atoms with Crippen molar-refractivity contribution in [3.8, 4) is 0 Å². The molecule has 0 radical (unpaired) electrons. The molecule has 4 nitrogen and oxygen atoms in total. The fourth-order valence-electron chi connectivity index (χ4n) is 1.68. The number of hydrogen-bond donors (Lipinski definition) is 1. The maximum absolute atomic E-state index is 11.8. The number of rotatable bonds is 1. The topological polar surface area (TPSA) is 49.8 Å². The molecule has 0 saturated heterocycles. The van der Waals surface area contributed by atoms with Gasteiger partial charge in [0.15, 0.2) is 0 Å². The van der Waals surface area contributed by atoms with Gasteiger partial charge in [0, 0.05) is 19.6 Å². The van der Waals surface area contributed by atoms with Crippen LogP contribution in [0.25, 0.3) is 0 Å². The number of hydrogen-bond acceptors (Lipinski definition) is 3. The second-order valence-electron chi connectivity index (χ2n) is 3.86. The Balaban J connectivity index is 2.51. The third-order valence-corrected chi connectivity index (χ3v) is 2.96. The molecule has 1 aromatic rings. The molecule has 0 atom stereocenters. The van der Waals surface area contributed by atoms with Crippen molar-refractivity contribution in [2.75, 3.05) is 14.1 Å². The fraction of sp³-hybridized carbons (Fsp3) is 0.300. The largest absolute Gasteiger partial charge is 0.493 e. The monoisotopic (exact) mass is 239 g/mol. The van der Waals surface area contributed by atoms with Gasteiger partial charge in [-0.25, -0.2) is 0 Å². The smallest absolute Gasteiger partial charge is 0.423 e. The van der Waals surface area contributed by atoms with Gasteiger partial charge >= 0.3 is 7.12 Å². The molecule has 0 saturated carbocycles. The van der Waals surface area contributed by atoms with Crippen LogP contribution in [0.15, 0.2) is 12.1 Å². The quantitative estimate of drug-likeness (QED) is 0.715. The van der Waals surface area contributed by atoms with Crippen LogP contribution in [0.4, 0.5) is 0 Å². The van der Waals surface area contributed by atoms with E-state index >= 15 is 0 Å². The molecule has 1 amide bonds. The van der Waals surface area contributed by atoms with Crippen LogP contribution in [-0.4, -0.2) is 37.0 Å². The Labute approximate surface area is 98.9 Å². The predicted molar refractivity (Wildman–Crippen MR) is 61.9 cm³/mol. The molecule has 84 valence electrons. The van der Waals surface area contributed by atoms with Crippen molar-refractivity contribution in [3.63, 3.8) is 0 Å². The molecular weight excluding hydrogens is 228 g/mol. The highest BCUT2D eigenvalue weighted by atomic mass is 35.5. The first-order valence-electron chi connectivity index (χ1n) is 4.85. The molecule has 0 spiro atoms. The van der Waals surface area contributed by atoms with Gasteiger partial charge in [-0.2, -0.15) is 0 Å². The molecule has 16 heavy (non-hydrogen) atoms. The van der Waals surface area contributed by atoms with Crippen LogP contribution in [0.1, 0.15) is 15.9 Å². The third-order valence-electron chi connectivity index (χ3n) is 2.55. The van der Waals surface area contributed by atoms with Crippen LogP contribution in [0.3, 0.4) is 0 Å². The zero-order valence-electron chi connectivity index (χ0n) is 9.03. The Hall–Kier alpha value is -1.04. The summed E-state index contributed by atoms with van der Waals surface area (Å²) in [5.74, 6) is -0.188. The summed E-state index contributed by atoms with van der Waals surface area (Å²) in [5, 5.41) is 9.85. The normalized spacial score (nSPS) is 13.9. The van der Waals surface area contributed by atoms with Crippen molar-refractivity contribution in [2.45, 2.75) is 6.61 Å². The molecule has 1 aliphatic heterocycles. The number of carbonyl (C=O) groups excluding carboxylic acids is 1. The fourth-order valence-corrected chi connectivity index (χ4v) is 2.04. The van der Waals surface area contributed by atoms with Crippen molar-refractivity contribution in [3.05, 3.63) is 28.3 Å². The maximum Gasteiger partial charge on any atom is 0.493 e. The van der Waals surface area contributed by atoms with Gasteiger partial charge in [-0.15, -0.1) is 0 Å². The van der Waals surface area contributed by atoms with Crippen molar-refractivity contribution in [1.29, 1.82) is 0 Å². The Morgan fingerprint density at radius 3 is 2.88 bits per heavy atom. The molecule has 0 unspecified atom stereocenters. The first-order chi connectivity index (χ1) is 7.52. The minimum absolute atomic E-state index is 0.188. The van der Waals surface area contributed by atoms with Crippen molar-refractivity contribution >= 4 is 30.1 Å². The van der Waals surface area contributed by atoms with Gasteiger partial charge in [0.2, 0.25) is 0 Å². The highest BCUT2D eigenvalue weighted by Gasteiger charge is 2.32. The number of carbonyl (C=O) groups is 1.